The maximum absolute atomic E-state index is 10.6. The van der Waals surface area contributed by atoms with E-state index in [1.807, 2.05) is 0 Å². The van der Waals surface area contributed by atoms with Crippen LogP contribution in [0.1, 0.15) is 19.8 Å². The third-order valence-corrected chi connectivity index (χ3v) is 9.03. The second-order valence-corrected chi connectivity index (χ2v) is 12.8. The normalized spacial score (nSPS) is 18.1. The van der Waals surface area contributed by atoms with Gasteiger partial charge < -0.3 is 5.11 Å². The first-order valence-corrected chi connectivity index (χ1v) is 12.1. The van der Waals surface area contributed by atoms with Crippen molar-refractivity contribution in [1.82, 2.24) is 0 Å². The second-order valence-electron chi connectivity index (χ2n) is 4.01. The van der Waals surface area contributed by atoms with Crippen molar-refractivity contribution in [1.29, 1.82) is 0 Å². The van der Waals surface area contributed by atoms with Gasteiger partial charge in [-0.2, -0.15) is 13.2 Å². The SMILES string of the molecule is C[CH](C1CC1)[Sn]([CH3])[CH3].O=C(O)C(F)(F)F. The molecule has 1 radical (unpaired) electrons. The third-order valence-electron chi connectivity index (χ3n) is 2.48. The monoisotopic (exact) mass is 333 g/mol. The molecule has 1 saturated carbocycles. The molecular formula is C9H16F3O2Sn. The molecule has 1 aliphatic carbocycles. The van der Waals surface area contributed by atoms with Crippen LogP contribution < -0.4 is 0 Å². The van der Waals surface area contributed by atoms with Crippen LogP contribution in [-0.2, 0) is 4.79 Å². The van der Waals surface area contributed by atoms with Crippen molar-refractivity contribution in [3.05, 3.63) is 0 Å². The predicted molar refractivity (Wildman–Crippen MR) is 53.3 cm³/mol. The smallest absolute Gasteiger partial charge is 0.475 e. The first-order valence-electron chi connectivity index (χ1n) is 4.76. The van der Waals surface area contributed by atoms with Crippen LogP contribution in [0.2, 0.25) is 13.8 Å². The molecule has 0 heterocycles. The summed E-state index contributed by atoms with van der Waals surface area (Å²) in [6.45, 7) is 2.46. The fourth-order valence-electron chi connectivity index (χ4n) is 1.07. The van der Waals surface area contributed by atoms with Crippen LogP contribution in [0.5, 0.6) is 0 Å². The van der Waals surface area contributed by atoms with Gasteiger partial charge in [-0.25, -0.2) is 4.79 Å². The zero-order valence-electron chi connectivity index (χ0n) is 9.06. The molecule has 1 unspecified atom stereocenters. The van der Waals surface area contributed by atoms with Crippen LogP contribution in [0.4, 0.5) is 13.2 Å². The van der Waals surface area contributed by atoms with Crippen LogP contribution in [0.25, 0.3) is 0 Å². The molecule has 1 aliphatic rings. The molecule has 1 atom stereocenters. The van der Waals surface area contributed by atoms with Crippen molar-refractivity contribution in [3.8, 4) is 0 Å². The van der Waals surface area contributed by atoms with Crippen molar-refractivity contribution >= 4 is 25.7 Å². The number of alkyl halides is 3. The van der Waals surface area contributed by atoms with E-state index >= 15 is 0 Å². The molecule has 0 saturated heterocycles. The van der Waals surface area contributed by atoms with Gasteiger partial charge in [0.25, 0.3) is 0 Å². The summed E-state index contributed by atoms with van der Waals surface area (Å²) < 4.78 is 32.9. The largest absolute Gasteiger partial charge is 0.490 e. The van der Waals surface area contributed by atoms with E-state index in [1.54, 1.807) is 12.8 Å². The average Bonchev–Trinajstić information content (AvgIpc) is 2.84. The predicted octanol–water partition coefficient (Wildman–Crippen LogP) is 3.17. The molecular weight excluding hydrogens is 316 g/mol. The number of aliphatic carboxylic acids is 1. The van der Waals surface area contributed by atoms with Gasteiger partial charge in [0, 0.05) is 0 Å². The summed E-state index contributed by atoms with van der Waals surface area (Å²) in [5, 5.41) is 7.12. The van der Waals surface area contributed by atoms with E-state index in [9.17, 15) is 13.2 Å². The van der Waals surface area contributed by atoms with Gasteiger partial charge in [0.1, 0.15) is 0 Å². The zero-order chi connectivity index (χ0) is 12.2. The number of carbonyl (C=O) groups is 1. The van der Waals surface area contributed by atoms with Gasteiger partial charge in [-0.05, 0) is 0 Å². The van der Waals surface area contributed by atoms with Gasteiger partial charge in [0.15, 0.2) is 0 Å². The molecule has 0 aromatic carbocycles. The molecule has 15 heavy (non-hydrogen) atoms. The Hall–Kier alpha value is 0.0587. The number of hydrogen-bond acceptors (Lipinski definition) is 1. The minimum atomic E-state index is -5.08. The first-order chi connectivity index (χ1) is 6.66. The summed E-state index contributed by atoms with van der Waals surface area (Å²) in [6.07, 6.45) is -1.99. The quantitative estimate of drug-likeness (QED) is 0.789. The minimum Gasteiger partial charge on any atom is -0.475 e. The Kier molecular flexibility index (Phi) is 5.98. The van der Waals surface area contributed by atoms with Gasteiger partial charge in [-0.1, -0.05) is 0 Å². The summed E-state index contributed by atoms with van der Waals surface area (Å²) in [6, 6.07) is 0. The fraction of sp³-hybridized carbons (Fsp3) is 0.889. The van der Waals surface area contributed by atoms with Crippen LogP contribution in [-0.4, -0.2) is 37.0 Å². The van der Waals surface area contributed by atoms with Crippen LogP contribution in [0.15, 0.2) is 0 Å². The molecule has 2 nitrogen and oxygen atoms in total. The van der Waals surface area contributed by atoms with Gasteiger partial charge >= 0.3 is 71.4 Å². The zero-order valence-corrected chi connectivity index (χ0v) is 11.9. The van der Waals surface area contributed by atoms with Crippen LogP contribution >= 0.6 is 0 Å². The summed E-state index contributed by atoms with van der Waals surface area (Å²) in [4.78, 5) is 13.9. The van der Waals surface area contributed by atoms with Crippen LogP contribution in [0.3, 0.4) is 0 Å². The van der Waals surface area contributed by atoms with E-state index < -0.39 is 31.9 Å². The Morgan fingerprint density at radius 3 is 1.80 bits per heavy atom. The summed E-state index contributed by atoms with van der Waals surface area (Å²) in [5.41, 5.74) is 0. The van der Waals surface area contributed by atoms with Crippen molar-refractivity contribution in [2.45, 2.75) is 39.8 Å². The molecule has 1 rings (SSSR count). The Morgan fingerprint density at radius 1 is 1.40 bits per heavy atom. The van der Waals surface area contributed by atoms with E-state index in [0.29, 0.717) is 0 Å². The molecule has 89 valence electrons. The Labute approximate surface area is 94.6 Å². The summed E-state index contributed by atoms with van der Waals surface area (Å²) in [7, 11) is 0. The van der Waals surface area contributed by atoms with Gasteiger partial charge in [0.2, 0.25) is 0 Å². The number of halogens is 3. The standard InChI is InChI=1S/C5H9.C2HF3O2.2CH3.Sn/c1-2-5-3-4-5;3-2(4,5)1(6)7;;;/h2,5H,3-4H2,1H3;(H,6,7);2*1H3;. The van der Waals surface area contributed by atoms with Crippen molar-refractivity contribution in [3.63, 3.8) is 0 Å². The molecule has 1 fully saturated rings. The molecule has 0 aromatic rings. The number of carboxylic acids is 1. The van der Waals surface area contributed by atoms with E-state index in [2.05, 4.69) is 16.8 Å². The number of hydrogen-bond donors (Lipinski definition) is 1. The maximum atomic E-state index is 10.6. The second kappa shape index (κ2) is 5.96. The first kappa shape index (κ1) is 15.1. The third kappa shape index (κ3) is 7.03. The molecule has 6 heteroatoms. The average molecular weight is 332 g/mol. The topological polar surface area (TPSA) is 37.3 Å². The van der Waals surface area contributed by atoms with Crippen molar-refractivity contribution in [2.75, 3.05) is 0 Å². The number of carboxylic acid groups (broad SMARTS) is 1. The van der Waals surface area contributed by atoms with E-state index in [4.69, 9.17) is 9.90 Å². The van der Waals surface area contributed by atoms with Gasteiger partial charge in [0.05, 0.1) is 0 Å². The molecule has 0 spiro atoms. The van der Waals surface area contributed by atoms with Gasteiger partial charge in [-0.15, -0.1) is 0 Å². The Morgan fingerprint density at radius 2 is 1.73 bits per heavy atom. The van der Waals surface area contributed by atoms with Crippen LogP contribution in [0, 0.1) is 5.92 Å². The van der Waals surface area contributed by atoms with Crippen molar-refractivity contribution in [2.24, 2.45) is 5.92 Å². The molecule has 0 aromatic heterocycles. The Balaban J connectivity index is 0.000000265. The molecule has 0 bridgehead atoms. The van der Waals surface area contributed by atoms with E-state index in [1.165, 1.54) is 9.85 Å². The molecule has 1 N–H and O–H groups in total. The van der Waals surface area contributed by atoms with E-state index in [0.717, 1.165) is 0 Å². The summed E-state index contributed by atoms with van der Waals surface area (Å²) in [5.74, 6) is -1.58. The fourth-order valence-corrected chi connectivity index (χ4v) is 4.71. The number of rotatable bonds is 2. The van der Waals surface area contributed by atoms with E-state index in [-0.39, 0.29) is 0 Å². The molecule has 0 aliphatic heterocycles. The minimum absolute atomic E-state index is 0.745. The Bertz CT molecular complexity index is 210. The van der Waals surface area contributed by atoms with Crippen molar-refractivity contribution < 1.29 is 23.1 Å². The summed E-state index contributed by atoms with van der Waals surface area (Å²) >= 11 is -0.745. The molecule has 0 amide bonds. The maximum Gasteiger partial charge on any atom is 0.490 e. The van der Waals surface area contributed by atoms with Gasteiger partial charge in [-0.3, -0.25) is 0 Å².